The lowest BCUT2D eigenvalue weighted by molar-refractivity contribution is 0.409. The van der Waals surface area contributed by atoms with Crippen molar-refractivity contribution in [3.8, 4) is 5.75 Å². The van der Waals surface area contributed by atoms with Crippen molar-refractivity contribution in [2.24, 2.45) is 0 Å². The minimum absolute atomic E-state index is 0.844. The molecule has 0 fully saturated rings. The Morgan fingerprint density at radius 3 is 2.85 bits per heavy atom. The van der Waals surface area contributed by atoms with Crippen LogP contribution < -0.4 is 10.1 Å². The van der Waals surface area contributed by atoms with E-state index in [2.05, 4.69) is 17.2 Å². The van der Waals surface area contributed by atoms with Gasteiger partial charge in [-0.25, -0.2) is 4.98 Å². The van der Waals surface area contributed by atoms with Crippen molar-refractivity contribution in [3.63, 3.8) is 0 Å². The Morgan fingerprint density at radius 2 is 2.31 bits per heavy atom. The third kappa shape index (κ3) is 2.34. The SMILES string of the molecule is CCCc1cnc(NC)cc1OC. The first-order valence-corrected chi connectivity index (χ1v) is 4.52. The van der Waals surface area contributed by atoms with Crippen LogP contribution in [-0.2, 0) is 6.42 Å². The van der Waals surface area contributed by atoms with Crippen LogP contribution in [0.4, 0.5) is 5.82 Å². The van der Waals surface area contributed by atoms with E-state index >= 15 is 0 Å². The van der Waals surface area contributed by atoms with Crippen molar-refractivity contribution in [1.82, 2.24) is 4.98 Å². The van der Waals surface area contributed by atoms with Crippen LogP contribution in [0.25, 0.3) is 0 Å². The van der Waals surface area contributed by atoms with Gasteiger partial charge in [0.15, 0.2) is 0 Å². The highest BCUT2D eigenvalue weighted by Crippen LogP contribution is 2.21. The highest BCUT2D eigenvalue weighted by atomic mass is 16.5. The fraction of sp³-hybridized carbons (Fsp3) is 0.500. The molecule has 0 unspecified atom stereocenters. The number of rotatable bonds is 4. The smallest absolute Gasteiger partial charge is 0.129 e. The normalized spacial score (nSPS) is 9.77. The quantitative estimate of drug-likeness (QED) is 0.770. The summed E-state index contributed by atoms with van der Waals surface area (Å²) in [7, 11) is 3.54. The molecule has 3 nitrogen and oxygen atoms in total. The van der Waals surface area contributed by atoms with Crippen molar-refractivity contribution in [3.05, 3.63) is 17.8 Å². The third-order valence-electron chi connectivity index (χ3n) is 1.94. The number of aromatic nitrogens is 1. The molecule has 3 heteroatoms. The van der Waals surface area contributed by atoms with E-state index in [1.807, 2.05) is 19.3 Å². The Bertz CT molecular complexity index is 274. The molecule has 0 aromatic carbocycles. The maximum atomic E-state index is 5.26. The monoisotopic (exact) mass is 180 g/mol. The van der Waals surface area contributed by atoms with Gasteiger partial charge < -0.3 is 10.1 Å². The van der Waals surface area contributed by atoms with Crippen LogP contribution in [0.5, 0.6) is 5.75 Å². The maximum Gasteiger partial charge on any atom is 0.129 e. The zero-order valence-electron chi connectivity index (χ0n) is 8.42. The van der Waals surface area contributed by atoms with Crippen molar-refractivity contribution in [2.75, 3.05) is 19.5 Å². The molecule has 0 spiro atoms. The molecule has 1 heterocycles. The molecule has 0 radical (unpaired) electrons. The lowest BCUT2D eigenvalue weighted by atomic mass is 10.1. The maximum absolute atomic E-state index is 5.26. The molecule has 0 aliphatic rings. The van der Waals surface area contributed by atoms with Crippen molar-refractivity contribution in [1.29, 1.82) is 0 Å². The van der Waals surface area contributed by atoms with Crippen molar-refractivity contribution < 1.29 is 4.74 Å². The number of nitrogens with one attached hydrogen (secondary N) is 1. The predicted molar refractivity (Wildman–Crippen MR) is 54.3 cm³/mol. The summed E-state index contributed by atoms with van der Waals surface area (Å²) in [6, 6.07) is 1.92. The third-order valence-corrected chi connectivity index (χ3v) is 1.94. The number of pyridine rings is 1. The van der Waals surface area contributed by atoms with Gasteiger partial charge in [-0.2, -0.15) is 0 Å². The molecule has 1 aromatic rings. The van der Waals surface area contributed by atoms with Gasteiger partial charge in [0.1, 0.15) is 11.6 Å². The molecule has 0 atom stereocenters. The summed E-state index contributed by atoms with van der Waals surface area (Å²) in [4.78, 5) is 4.23. The van der Waals surface area contributed by atoms with Crippen molar-refractivity contribution >= 4 is 5.82 Å². The average Bonchev–Trinajstić information content (AvgIpc) is 2.19. The van der Waals surface area contributed by atoms with Gasteiger partial charge in [0, 0.05) is 24.9 Å². The van der Waals surface area contributed by atoms with Crippen LogP contribution in [0.3, 0.4) is 0 Å². The van der Waals surface area contributed by atoms with E-state index < -0.39 is 0 Å². The summed E-state index contributed by atoms with van der Waals surface area (Å²) in [6.07, 6.45) is 3.99. The van der Waals surface area contributed by atoms with Crippen LogP contribution in [0.2, 0.25) is 0 Å². The Hall–Kier alpha value is -1.25. The van der Waals surface area contributed by atoms with Crippen molar-refractivity contribution in [2.45, 2.75) is 19.8 Å². The molecule has 0 amide bonds. The number of aryl methyl sites for hydroxylation is 1. The summed E-state index contributed by atoms with van der Waals surface area (Å²) in [5.74, 6) is 1.76. The highest BCUT2D eigenvalue weighted by molar-refractivity contribution is 5.44. The molecule has 0 saturated heterocycles. The van der Waals surface area contributed by atoms with Gasteiger partial charge in [0.2, 0.25) is 0 Å². The Labute approximate surface area is 79.1 Å². The fourth-order valence-corrected chi connectivity index (χ4v) is 1.25. The molecular formula is C10H16N2O. The molecule has 13 heavy (non-hydrogen) atoms. The number of anilines is 1. The van der Waals surface area contributed by atoms with Gasteiger partial charge in [-0.3, -0.25) is 0 Å². The molecule has 72 valence electrons. The summed E-state index contributed by atoms with van der Waals surface area (Å²) in [5.41, 5.74) is 1.17. The second-order valence-electron chi connectivity index (χ2n) is 2.88. The van der Waals surface area contributed by atoms with Crippen LogP contribution >= 0.6 is 0 Å². The first kappa shape index (κ1) is 9.84. The van der Waals surface area contributed by atoms with Gasteiger partial charge in [-0.15, -0.1) is 0 Å². The molecule has 0 saturated carbocycles. The lowest BCUT2D eigenvalue weighted by Gasteiger charge is -2.08. The highest BCUT2D eigenvalue weighted by Gasteiger charge is 2.03. The standard InChI is InChI=1S/C10H16N2O/c1-4-5-8-7-12-10(11-2)6-9(8)13-3/h6-7H,4-5H2,1-3H3,(H,11,12). The van der Waals surface area contributed by atoms with E-state index in [9.17, 15) is 0 Å². The van der Waals surface area contributed by atoms with Gasteiger partial charge in [0.25, 0.3) is 0 Å². The second-order valence-corrected chi connectivity index (χ2v) is 2.88. The first-order valence-electron chi connectivity index (χ1n) is 4.52. The van der Waals surface area contributed by atoms with Crippen LogP contribution in [0, 0.1) is 0 Å². The number of nitrogens with zero attached hydrogens (tertiary/aromatic N) is 1. The minimum atomic E-state index is 0.844. The molecule has 0 bridgehead atoms. The largest absolute Gasteiger partial charge is 0.496 e. The zero-order chi connectivity index (χ0) is 9.68. The Morgan fingerprint density at radius 1 is 1.54 bits per heavy atom. The Balaban J connectivity index is 2.93. The van der Waals surface area contributed by atoms with E-state index in [4.69, 9.17) is 4.74 Å². The average molecular weight is 180 g/mol. The molecule has 1 rings (SSSR count). The van der Waals surface area contributed by atoms with E-state index in [0.29, 0.717) is 0 Å². The van der Waals surface area contributed by atoms with Crippen LogP contribution in [0.15, 0.2) is 12.3 Å². The predicted octanol–water partition coefficient (Wildman–Crippen LogP) is 2.08. The Kier molecular flexibility index (Phi) is 3.55. The van der Waals surface area contributed by atoms with Gasteiger partial charge in [-0.05, 0) is 6.42 Å². The van der Waals surface area contributed by atoms with Gasteiger partial charge in [0.05, 0.1) is 7.11 Å². The molecule has 1 aromatic heterocycles. The summed E-state index contributed by atoms with van der Waals surface area (Å²) >= 11 is 0. The molecule has 0 aliphatic carbocycles. The van der Waals surface area contributed by atoms with Crippen LogP contribution in [-0.4, -0.2) is 19.1 Å². The molecule has 1 N–H and O–H groups in total. The van der Waals surface area contributed by atoms with E-state index in [1.165, 1.54) is 5.56 Å². The summed E-state index contributed by atoms with van der Waals surface area (Å²) in [6.45, 7) is 2.14. The van der Waals surface area contributed by atoms with E-state index in [1.54, 1.807) is 7.11 Å². The second kappa shape index (κ2) is 4.70. The van der Waals surface area contributed by atoms with Crippen LogP contribution in [0.1, 0.15) is 18.9 Å². The summed E-state index contributed by atoms with van der Waals surface area (Å²) < 4.78 is 5.26. The lowest BCUT2D eigenvalue weighted by Crippen LogP contribution is -1.97. The van der Waals surface area contributed by atoms with E-state index in [0.717, 1.165) is 24.4 Å². The fourth-order valence-electron chi connectivity index (χ4n) is 1.25. The molecular weight excluding hydrogens is 164 g/mol. The number of hydrogen-bond acceptors (Lipinski definition) is 3. The minimum Gasteiger partial charge on any atom is -0.496 e. The molecule has 0 aliphatic heterocycles. The number of hydrogen-bond donors (Lipinski definition) is 1. The van der Waals surface area contributed by atoms with Gasteiger partial charge in [-0.1, -0.05) is 13.3 Å². The van der Waals surface area contributed by atoms with E-state index in [-0.39, 0.29) is 0 Å². The van der Waals surface area contributed by atoms with Gasteiger partial charge >= 0.3 is 0 Å². The number of methoxy groups -OCH3 is 1. The zero-order valence-corrected chi connectivity index (χ0v) is 8.42. The number of ether oxygens (including phenoxy) is 1. The first-order chi connectivity index (χ1) is 6.31. The summed E-state index contributed by atoms with van der Waals surface area (Å²) in [5, 5.41) is 2.98. The topological polar surface area (TPSA) is 34.2 Å².